The van der Waals surface area contributed by atoms with Gasteiger partial charge in [-0.2, -0.15) is 0 Å². The number of anilines is 1. The molecule has 2 amide bonds. The van der Waals surface area contributed by atoms with Crippen LogP contribution < -0.4 is 10.6 Å². The first-order valence-corrected chi connectivity index (χ1v) is 11.2. The van der Waals surface area contributed by atoms with Crippen molar-refractivity contribution in [1.29, 1.82) is 0 Å². The smallest absolute Gasteiger partial charge is 0.329 e. The van der Waals surface area contributed by atoms with Gasteiger partial charge in [0.15, 0.2) is 0 Å². The van der Waals surface area contributed by atoms with Crippen molar-refractivity contribution in [2.75, 3.05) is 32.1 Å². The number of hydrogen-bond donors (Lipinski definition) is 0. The summed E-state index contributed by atoms with van der Waals surface area (Å²) in [5.41, 5.74) is 2.12. The molecule has 9 heteroatoms. The summed E-state index contributed by atoms with van der Waals surface area (Å²) < 4.78 is 7.90. The van der Waals surface area contributed by atoms with Gasteiger partial charge in [-0.25, -0.2) is 4.79 Å². The molecule has 0 N–H and O–H groups in total. The highest BCUT2D eigenvalue weighted by Crippen LogP contribution is 2.30. The zero-order valence-corrected chi connectivity index (χ0v) is 19.5. The van der Waals surface area contributed by atoms with Gasteiger partial charge >= 0.3 is 11.7 Å². The number of imidazole rings is 1. The number of methoxy groups -OCH3 is 1. The van der Waals surface area contributed by atoms with E-state index in [2.05, 4.69) is 4.90 Å². The van der Waals surface area contributed by atoms with E-state index in [4.69, 9.17) is 4.74 Å². The third kappa shape index (κ3) is 4.03. The lowest BCUT2D eigenvalue weighted by molar-refractivity contribution is -0.149. The molecule has 2 fully saturated rings. The van der Waals surface area contributed by atoms with Crippen LogP contribution in [0.2, 0.25) is 0 Å². The number of amides is 2. The van der Waals surface area contributed by atoms with E-state index < -0.39 is 6.04 Å². The second-order valence-electron chi connectivity index (χ2n) is 8.01. The fraction of sp³-hybridized carbons (Fsp3) is 0.565. The Morgan fingerprint density at radius 1 is 1.00 bits per heavy atom. The summed E-state index contributed by atoms with van der Waals surface area (Å²) >= 11 is 0. The molecule has 174 valence electrons. The second-order valence-corrected chi connectivity index (χ2v) is 8.01. The Morgan fingerprint density at radius 2 is 1.66 bits per heavy atom. The predicted molar refractivity (Wildman–Crippen MR) is 122 cm³/mol. The number of esters is 1. The van der Waals surface area contributed by atoms with Crippen LogP contribution >= 0.6 is 0 Å². The third-order valence-electron chi connectivity index (χ3n) is 6.40. The van der Waals surface area contributed by atoms with Gasteiger partial charge in [-0.3, -0.25) is 28.4 Å². The predicted octanol–water partition coefficient (Wildman–Crippen LogP) is 2.08. The number of benzene rings is 1. The van der Waals surface area contributed by atoms with Crippen molar-refractivity contribution in [3.05, 3.63) is 28.7 Å². The molecule has 2 aliphatic heterocycles. The van der Waals surface area contributed by atoms with E-state index in [1.54, 1.807) is 11.6 Å². The number of piperidine rings is 2. The van der Waals surface area contributed by atoms with Gasteiger partial charge in [-0.05, 0) is 37.5 Å². The number of aryl methyl sites for hydroxylation is 1. The van der Waals surface area contributed by atoms with Crippen LogP contribution in [0.25, 0.3) is 11.0 Å². The summed E-state index contributed by atoms with van der Waals surface area (Å²) in [4.78, 5) is 52.5. The molecular formula is C23H32N4O5. The number of carbonyl (C=O) groups is 3. The maximum Gasteiger partial charge on any atom is 0.329 e. The lowest BCUT2D eigenvalue weighted by atomic mass is 9.96. The van der Waals surface area contributed by atoms with Gasteiger partial charge in [-0.1, -0.05) is 13.8 Å². The van der Waals surface area contributed by atoms with Crippen molar-refractivity contribution in [3.63, 3.8) is 0 Å². The van der Waals surface area contributed by atoms with E-state index in [9.17, 15) is 19.2 Å². The SMILES string of the molecule is CC.COC(=O)C1CCN(c2ccc3c(c2)n(C)c(=O)n3C2CCC(=O)N(C)C2=O)CC1. The number of ether oxygens (including phenoxy) is 1. The zero-order valence-electron chi connectivity index (χ0n) is 19.5. The summed E-state index contributed by atoms with van der Waals surface area (Å²) in [5.74, 6) is -0.806. The van der Waals surface area contributed by atoms with Gasteiger partial charge in [0, 0.05) is 39.3 Å². The lowest BCUT2D eigenvalue weighted by Crippen LogP contribution is -2.45. The minimum absolute atomic E-state index is 0.0718. The highest BCUT2D eigenvalue weighted by atomic mass is 16.5. The summed E-state index contributed by atoms with van der Waals surface area (Å²) in [7, 11) is 4.57. The van der Waals surface area contributed by atoms with Crippen LogP contribution in [0.5, 0.6) is 0 Å². The molecule has 32 heavy (non-hydrogen) atoms. The van der Waals surface area contributed by atoms with Crippen LogP contribution in [-0.2, 0) is 26.2 Å². The van der Waals surface area contributed by atoms with Gasteiger partial charge in [0.2, 0.25) is 5.91 Å². The third-order valence-corrected chi connectivity index (χ3v) is 6.40. The molecule has 0 saturated carbocycles. The van der Waals surface area contributed by atoms with Gasteiger partial charge in [-0.15, -0.1) is 0 Å². The normalized spacial score (nSPS) is 19.7. The standard InChI is InChI=1S/C21H26N4O5.C2H6/c1-22-17-12-14(24-10-8-13(9-11-24)20(28)30-3)4-5-15(17)25(21(22)29)16-6-7-18(26)23(2)19(16)27;1-2/h4-5,12-13,16H,6-11H2,1-3H3;1-2H3. The van der Waals surface area contributed by atoms with Gasteiger partial charge in [0.05, 0.1) is 24.1 Å². The van der Waals surface area contributed by atoms with E-state index in [-0.39, 0.29) is 35.8 Å². The Hall–Kier alpha value is -3.10. The van der Waals surface area contributed by atoms with Crippen LogP contribution in [0.15, 0.2) is 23.0 Å². The number of imide groups is 1. The van der Waals surface area contributed by atoms with Crippen LogP contribution in [0.3, 0.4) is 0 Å². The number of likely N-dealkylation sites (N-methyl/N-ethyl adjacent to an activating group) is 1. The lowest BCUT2D eigenvalue weighted by Gasteiger charge is -2.32. The number of carbonyl (C=O) groups excluding carboxylic acids is 3. The van der Waals surface area contributed by atoms with E-state index in [0.717, 1.165) is 42.0 Å². The molecule has 0 aliphatic carbocycles. The van der Waals surface area contributed by atoms with Crippen molar-refractivity contribution in [2.24, 2.45) is 13.0 Å². The van der Waals surface area contributed by atoms with Gasteiger partial charge in [0.25, 0.3) is 5.91 Å². The molecule has 0 radical (unpaired) electrons. The van der Waals surface area contributed by atoms with Crippen LogP contribution in [0, 0.1) is 5.92 Å². The minimum Gasteiger partial charge on any atom is -0.469 e. The summed E-state index contributed by atoms with van der Waals surface area (Å²) in [6, 6.07) is 5.08. The maximum atomic E-state index is 13.0. The Balaban J connectivity index is 0.00000141. The van der Waals surface area contributed by atoms with Crippen molar-refractivity contribution in [3.8, 4) is 0 Å². The molecule has 1 unspecified atom stereocenters. The van der Waals surface area contributed by atoms with E-state index in [1.165, 1.54) is 18.7 Å². The topological polar surface area (TPSA) is 93.8 Å². The molecule has 1 atom stereocenters. The first-order valence-electron chi connectivity index (χ1n) is 11.2. The molecule has 1 aromatic carbocycles. The van der Waals surface area contributed by atoms with Gasteiger partial charge in [0.1, 0.15) is 6.04 Å². The van der Waals surface area contributed by atoms with Crippen molar-refractivity contribution in [1.82, 2.24) is 14.0 Å². The monoisotopic (exact) mass is 444 g/mol. The molecule has 2 saturated heterocycles. The summed E-state index contributed by atoms with van der Waals surface area (Å²) in [5, 5.41) is 0. The van der Waals surface area contributed by atoms with Crippen LogP contribution in [0.1, 0.15) is 45.6 Å². The first kappa shape index (κ1) is 23.6. The van der Waals surface area contributed by atoms with Crippen LogP contribution in [-0.4, -0.2) is 59.1 Å². The fourth-order valence-electron chi connectivity index (χ4n) is 4.53. The summed E-state index contributed by atoms with van der Waals surface area (Å²) in [6.07, 6.45) is 2.01. The zero-order chi connectivity index (χ0) is 23.6. The Labute approximate surface area is 187 Å². The molecule has 1 aromatic heterocycles. The quantitative estimate of drug-likeness (QED) is 0.532. The molecule has 2 aromatic rings. The molecule has 2 aliphatic rings. The molecular weight excluding hydrogens is 412 g/mol. The molecule has 3 heterocycles. The molecule has 0 spiro atoms. The van der Waals surface area contributed by atoms with E-state index >= 15 is 0 Å². The number of fused-ring (bicyclic) bond motifs is 1. The Morgan fingerprint density at radius 3 is 2.28 bits per heavy atom. The molecule has 0 bridgehead atoms. The minimum atomic E-state index is -0.675. The van der Waals surface area contributed by atoms with E-state index in [1.807, 2.05) is 32.0 Å². The fourth-order valence-corrected chi connectivity index (χ4v) is 4.53. The number of nitrogens with zero attached hydrogens (tertiary/aromatic N) is 4. The number of aromatic nitrogens is 2. The van der Waals surface area contributed by atoms with E-state index in [0.29, 0.717) is 11.9 Å². The molecule has 9 nitrogen and oxygen atoms in total. The Bertz CT molecular complexity index is 1080. The van der Waals surface area contributed by atoms with Gasteiger partial charge < -0.3 is 9.64 Å². The highest BCUT2D eigenvalue weighted by molar-refractivity contribution is 6.00. The van der Waals surface area contributed by atoms with Crippen LogP contribution in [0.4, 0.5) is 5.69 Å². The maximum absolute atomic E-state index is 13.0. The number of rotatable bonds is 3. The van der Waals surface area contributed by atoms with Crippen molar-refractivity contribution in [2.45, 2.75) is 45.6 Å². The largest absolute Gasteiger partial charge is 0.469 e. The second kappa shape index (κ2) is 9.58. The number of likely N-dealkylation sites (tertiary alicyclic amines) is 1. The number of hydrogen-bond acceptors (Lipinski definition) is 6. The van der Waals surface area contributed by atoms with Crippen molar-refractivity contribution < 1.29 is 19.1 Å². The summed E-state index contributed by atoms with van der Waals surface area (Å²) in [6.45, 7) is 5.46. The molecule has 4 rings (SSSR count). The van der Waals surface area contributed by atoms with Crippen molar-refractivity contribution >= 4 is 34.5 Å². The highest BCUT2D eigenvalue weighted by Gasteiger charge is 2.35. The average molecular weight is 445 g/mol. The first-order chi connectivity index (χ1) is 15.3. The Kier molecular flexibility index (Phi) is 7.06. The average Bonchev–Trinajstić information content (AvgIpc) is 3.08.